The average molecular weight is 346 g/mol. The number of aliphatic hydroxyl groups is 2. The average Bonchev–Trinajstić information content (AvgIpc) is 2.57. The summed E-state index contributed by atoms with van der Waals surface area (Å²) in [6.07, 6.45) is 8.17. The number of rotatable bonds is 10. The second kappa shape index (κ2) is 11.6. The van der Waals surface area contributed by atoms with E-state index in [4.69, 9.17) is 5.11 Å². The van der Waals surface area contributed by atoms with Gasteiger partial charge in [0, 0.05) is 26.4 Å². The second-order valence-corrected chi connectivity index (χ2v) is 6.24. The predicted octanol–water partition coefficient (Wildman–Crippen LogP) is 2.85. The van der Waals surface area contributed by atoms with Crippen molar-refractivity contribution >= 4 is 5.91 Å². The van der Waals surface area contributed by atoms with E-state index >= 15 is 0 Å². The predicted molar refractivity (Wildman–Crippen MR) is 98.5 cm³/mol. The van der Waals surface area contributed by atoms with Crippen molar-refractivity contribution in [3.63, 3.8) is 0 Å². The van der Waals surface area contributed by atoms with Crippen LogP contribution in [0.3, 0.4) is 0 Å². The molecule has 0 radical (unpaired) electrons. The van der Waals surface area contributed by atoms with E-state index in [0.29, 0.717) is 5.69 Å². The number of nitrogens with zero attached hydrogens (tertiary/aromatic N) is 1. The molecule has 1 heterocycles. The van der Waals surface area contributed by atoms with E-state index < -0.39 is 11.6 Å². The van der Waals surface area contributed by atoms with Crippen molar-refractivity contribution < 1.29 is 15.0 Å². The molecule has 1 atom stereocenters. The van der Waals surface area contributed by atoms with Gasteiger partial charge in [-0.2, -0.15) is 0 Å². The monoisotopic (exact) mass is 346 g/mol. The highest BCUT2D eigenvalue weighted by molar-refractivity contribution is 5.73. The number of aromatic nitrogens is 1. The van der Waals surface area contributed by atoms with Crippen molar-refractivity contribution in [3.8, 4) is 11.8 Å². The van der Waals surface area contributed by atoms with Crippen LogP contribution in [0.1, 0.15) is 76.6 Å². The maximum Gasteiger partial charge on any atom is 0.219 e. The lowest BCUT2D eigenvalue weighted by atomic mass is 10.0. The Bertz CT molecular complexity index is 592. The Morgan fingerprint density at radius 1 is 1.24 bits per heavy atom. The van der Waals surface area contributed by atoms with Crippen LogP contribution in [0.2, 0.25) is 0 Å². The summed E-state index contributed by atoms with van der Waals surface area (Å²) in [5.41, 5.74) is -0.856. The van der Waals surface area contributed by atoms with Crippen molar-refractivity contribution in [2.75, 3.05) is 6.61 Å². The summed E-state index contributed by atoms with van der Waals surface area (Å²) in [7, 11) is 0. The largest absolute Gasteiger partial charge is 0.396 e. The molecule has 0 bridgehead atoms. The van der Waals surface area contributed by atoms with Crippen LogP contribution in [-0.4, -0.2) is 27.7 Å². The summed E-state index contributed by atoms with van der Waals surface area (Å²) in [5, 5.41) is 22.2. The molecule has 0 aliphatic heterocycles. The molecule has 0 fully saturated rings. The number of carbonyl (C=O) groups excluding carboxylic acids is 1. The van der Waals surface area contributed by atoms with Gasteiger partial charge in [-0.1, -0.05) is 51.0 Å². The van der Waals surface area contributed by atoms with E-state index in [1.807, 2.05) is 0 Å². The van der Waals surface area contributed by atoms with Gasteiger partial charge in [0.15, 0.2) is 5.72 Å². The molecule has 1 unspecified atom stereocenters. The van der Waals surface area contributed by atoms with Crippen LogP contribution < -0.4 is 5.32 Å². The lowest BCUT2D eigenvalue weighted by Gasteiger charge is -2.27. The van der Waals surface area contributed by atoms with Crippen LogP contribution in [0.5, 0.6) is 0 Å². The smallest absolute Gasteiger partial charge is 0.219 e. The first-order valence-electron chi connectivity index (χ1n) is 9.10. The maximum absolute atomic E-state index is 11.3. The molecule has 0 saturated heterocycles. The molecular weight excluding hydrogens is 316 g/mol. The van der Waals surface area contributed by atoms with Gasteiger partial charge in [0.25, 0.3) is 0 Å². The molecule has 0 aliphatic carbocycles. The van der Waals surface area contributed by atoms with Gasteiger partial charge >= 0.3 is 0 Å². The number of pyridine rings is 1. The molecule has 0 spiro atoms. The Morgan fingerprint density at radius 3 is 2.64 bits per heavy atom. The minimum absolute atomic E-state index is 0.0335. The fraction of sp³-hybridized carbons (Fsp3) is 0.600. The summed E-state index contributed by atoms with van der Waals surface area (Å²) in [6.45, 7) is 3.25. The number of carbonyl (C=O) groups is 1. The summed E-state index contributed by atoms with van der Waals surface area (Å²) >= 11 is 0. The van der Waals surface area contributed by atoms with E-state index in [1.54, 1.807) is 18.2 Å². The van der Waals surface area contributed by atoms with Crippen LogP contribution in [0.15, 0.2) is 18.2 Å². The van der Waals surface area contributed by atoms with Crippen molar-refractivity contribution in [2.24, 2.45) is 0 Å². The Morgan fingerprint density at radius 2 is 1.96 bits per heavy atom. The number of aliphatic hydroxyl groups excluding tert-OH is 1. The minimum atomic E-state index is -1.68. The molecule has 25 heavy (non-hydrogen) atoms. The number of unbranched alkanes of at least 4 members (excludes halogenated alkanes) is 6. The lowest BCUT2D eigenvalue weighted by Crippen LogP contribution is -2.46. The molecule has 1 aromatic heterocycles. The van der Waals surface area contributed by atoms with Crippen molar-refractivity contribution in [1.82, 2.24) is 10.3 Å². The van der Waals surface area contributed by atoms with Gasteiger partial charge in [-0.25, -0.2) is 4.98 Å². The van der Waals surface area contributed by atoms with Crippen molar-refractivity contribution in [3.05, 3.63) is 29.6 Å². The van der Waals surface area contributed by atoms with E-state index in [1.165, 1.54) is 39.0 Å². The maximum atomic E-state index is 11.3. The topological polar surface area (TPSA) is 82.5 Å². The molecule has 1 amide bonds. The number of nitrogens with one attached hydrogen (secondary N) is 1. The third-order valence-electron chi connectivity index (χ3n) is 3.90. The third kappa shape index (κ3) is 8.15. The van der Waals surface area contributed by atoms with E-state index in [2.05, 4.69) is 29.1 Å². The van der Waals surface area contributed by atoms with Gasteiger partial charge in [-0.3, -0.25) is 4.79 Å². The first-order chi connectivity index (χ1) is 12.0. The summed E-state index contributed by atoms with van der Waals surface area (Å²) < 4.78 is 0. The van der Waals surface area contributed by atoms with Crippen LogP contribution in [0.4, 0.5) is 0 Å². The molecular formula is C20H30N2O3. The molecule has 5 heteroatoms. The lowest BCUT2D eigenvalue weighted by molar-refractivity contribution is -0.128. The summed E-state index contributed by atoms with van der Waals surface area (Å²) in [4.78, 5) is 15.6. The summed E-state index contributed by atoms with van der Waals surface area (Å²) in [5.74, 6) is 5.73. The zero-order valence-electron chi connectivity index (χ0n) is 15.3. The SMILES string of the molecule is CCCCCCCCC#Cc1cccc(C(O)(CCO)NC(C)=O)n1. The van der Waals surface area contributed by atoms with Crippen LogP contribution in [0, 0.1) is 11.8 Å². The van der Waals surface area contributed by atoms with Crippen LogP contribution >= 0.6 is 0 Å². The zero-order valence-corrected chi connectivity index (χ0v) is 15.3. The van der Waals surface area contributed by atoms with Crippen molar-refractivity contribution in [1.29, 1.82) is 0 Å². The normalized spacial score (nSPS) is 12.8. The Hall–Kier alpha value is -1.90. The van der Waals surface area contributed by atoms with Gasteiger partial charge in [-0.05, 0) is 24.5 Å². The fourth-order valence-corrected chi connectivity index (χ4v) is 2.59. The fourth-order valence-electron chi connectivity index (χ4n) is 2.59. The van der Waals surface area contributed by atoms with Gasteiger partial charge in [0.05, 0.1) is 5.69 Å². The highest BCUT2D eigenvalue weighted by atomic mass is 16.3. The molecule has 138 valence electrons. The first-order valence-corrected chi connectivity index (χ1v) is 9.10. The molecule has 3 N–H and O–H groups in total. The summed E-state index contributed by atoms with van der Waals surface area (Å²) in [6, 6.07) is 5.12. The Labute approximate surface area is 150 Å². The number of amides is 1. The minimum Gasteiger partial charge on any atom is -0.396 e. The first kappa shape index (κ1) is 21.1. The molecule has 1 rings (SSSR count). The van der Waals surface area contributed by atoms with Crippen LogP contribution in [0.25, 0.3) is 0 Å². The Balaban J connectivity index is 2.65. The highest BCUT2D eigenvalue weighted by Gasteiger charge is 2.31. The molecule has 0 saturated carbocycles. The number of hydrogen-bond acceptors (Lipinski definition) is 4. The van der Waals surface area contributed by atoms with E-state index in [-0.39, 0.29) is 18.7 Å². The second-order valence-electron chi connectivity index (χ2n) is 6.24. The van der Waals surface area contributed by atoms with Gasteiger partial charge in [0.2, 0.25) is 5.91 Å². The Kier molecular flexibility index (Phi) is 9.83. The van der Waals surface area contributed by atoms with Gasteiger partial charge in [0.1, 0.15) is 5.69 Å². The molecule has 1 aromatic rings. The standard InChI is InChI=1S/C20H30N2O3/c1-3-4-5-6-7-8-9-10-12-18-13-11-14-19(21-18)20(25,15-16-23)22-17(2)24/h11,13-14,23,25H,3-9,15-16H2,1-2H3,(H,22,24). The quantitative estimate of drug-likeness (QED) is 0.346. The molecule has 0 aromatic carbocycles. The highest BCUT2D eigenvalue weighted by Crippen LogP contribution is 2.20. The zero-order chi connectivity index (χ0) is 18.5. The van der Waals surface area contributed by atoms with Gasteiger partial charge in [-0.15, -0.1) is 0 Å². The molecule has 5 nitrogen and oxygen atoms in total. The van der Waals surface area contributed by atoms with Crippen LogP contribution in [-0.2, 0) is 10.5 Å². The molecule has 0 aliphatic rings. The van der Waals surface area contributed by atoms with Crippen molar-refractivity contribution in [2.45, 2.75) is 70.9 Å². The third-order valence-corrected chi connectivity index (χ3v) is 3.90. The van der Waals surface area contributed by atoms with E-state index in [0.717, 1.165) is 12.8 Å². The van der Waals surface area contributed by atoms with E-state index in [9.17, 15) is 9.90 Å². The van der Waals surface area contributed by atoms with Gasteiger partial charge < -0.3 is 15.5 Å². The number of hydrogen-bond donors (Lipinski definition) is 3.